The van der Waals surface area contributed by atoms with Crippen LogP contribution in [-0.4, -0.2) is 13.7 Å². The SMILES string of the molecule is COc1ccc(C=CCNc2ccccc2)cc1C(F)F. The van der Waals surface area contributed by atoms with Gasteiger partial charge in [-0.2, -0.15) is 0 Å². The van der Waals surface area contributed by atoms with Crippen molar-refractivity contribution < 1.29 is 13.5 Å². The van der Waals surface area contributed by atoms with Crippen molar-refractivity contribution in [3.63, 3.8) is 0 Å². The minimum absolute atomic E-state index is 0.0873. The number of para-hydroxylation sites is 1. The Hall–Kier alpha value is -2.36. The van der Waals surface area contributed by atoms with Gasteiger partial charge < -0.3 is 10.1 Å². The van der Waals surface area contributed by atoms with Crippen LogP contribution in [0.1, 0.15) is 17.6 Å². The molecule has 0 radical (unpaired) electrons. The van der Waals surface area contributed by atoms with Crippen LogP contribution in [0.2, 0.25) is 0 Å². The first kappa shape index (κ1) is 15.0. The smallest absolute Gasteiger partial charge is 0.267 e. The molecule has 1 N–H and O–H groups in total. The maximum Gasteiger partial charge on any atom is 0.267 e. The second-order valence-corrected chi connectivity index (χ2v) is 4.45. The average molecular weight is 289 g/mol. The Kier molecular flexibility index (Phi) is 5.32. The summed E-state index contributed by atoms with van der Waals surface area (Å²) in [5.41, 5.74) is 1.65. The molecule has 0 bridgehead atoms. The van der Waals surface area contributed by atoms with Crippen molar-refractivity contribution in [2.75, 3.05) is 19.0 Å². The molecule has 0 aliphatic carbocycles. The fraction of sp³-hybridized carbons (Fsp3) is 0.176. The molecule has 4 heteroatoms. The number of halogens is 2. The molecule has 2 nitrogen and oxygen atoms in total. The summed E-state index contributed by atoms with van der Waals surface area (Å²) in [6.45, 7) is 0.625. The van der Waals surface area contributed by atoms with Gasteiger partial charge in [0.05, 0.1) is 12.7 Å². The summed E-state index contributed by atoms with van der Waals surface area (Å²) in [5, 5.41) is 3.22. The first-order chi connectivity index (χ1) is 10.2. The van der Waals surface area contributed by atoms with E-state index in [0.717, 1.165) is 11.3 Å². The summed E-state index contributed by atoms with van der Waals surface area (Å²) in [4.78, 5) is 0. The van der Waals surface area contributed by atoms with E-state index in [9.17, 15) is 8.78 Å². The van der Waals surface area contributed by atoms with E-state index in [4.69, 9.17) is 4.74 Å². The van der Waals surface area contributed by atoms with Gasteiger partial charge >= 0.3 is 0 Å². The van der Waals surface area contributed by atoms with Crippen LogP contribution in [0, 0.1) is 0 Å². The third kappa shape index (κ3) is 4.31. The fourth-order valence-corrected chi connectivity index (χ4v) is 1.95. The molecule has 2 aromatic rings. The van der Waals surface area contributed by atoms with Gasteiger partial charge in [0.25, 0.3) is 6.43 Å². The van der Waals surface area contributed by atoms with Gasteiger partial charge in [0.1, 0.15) is 5.75 Å². The monoisotopic (exact) mass is 289 g/mol. The lowest BCUT2D eigenvalue weighted by atomic mass is 10.1. The number of alkyl halides is 2. The van der Waals surface area contributed by atoms with E-state index in [0.29, 0.717) is 6.54 Å². The highest BCUT2D eigenvalue weighted by Crippen LogP contribution is 2.30. The molecule has 0 aliphatic heterocycles. The molecule has 21 heavy (non-hydrogen) atoms. The molecule has 0 fully saturated rings. The molecule has 0 amide bonds. The molecule has 0 unspecified atom stereocenters. The highest BCUT2D eigenvalue weighted by molar-refractivity contribution is 5.54. The first-order valence-electron chi connectivity index (χ1n) is 6.62. The van der Waals surface area contributed by atoms with Crippen LogP contribution in [0.4, 0.5) is 14.5 Å². The summed E-state index contributed by atoms with van der Waals surface area (Å²) in [7, 11) is 1.39. The summed E-state index contributed by atoms with van der Waals surface area (Å²) in [5.74, 6) is 0.213. The second-order valence-electron chi connectivity index (χ2n) is 4.45. The number of hydrogen-bond acceptors (Lipinski definition) is 2. The van der Waals surface area contributed by atoms with E-state index >= 15 is 0 Å². The zero-order chi connectivity index (χ0) is 15.1. The summed E-state index contributed by atoms with van der Waals surface area (Å²) in [6, 6.07) is 14.5. The summed E-state index contributed by atoms with van der Waals surface area (Å²) in [6.07, 6.45) is 1.15. The number of ether oxygens (including phenoxy) is 1. The minimum atomic E-state index is -2.55. The fourth-order valence-electron chi connectivity index (χ4n) is 1.95. The third-order valence-electron chi connectivity index (χ3n) is 3.00. The van der Waals surface area contributed by atoms with Crippen LogP contribution in [0.5, 0.6) is 5.75 Å². The van der Waals surface area contributed by atoms with Crippen molar-refractivity contribution >= 4 is 11.8 Å². The number of rotatable bonds is 6. The highest BCUT2D eigenvalue weighted by atomic mass is 19.3. The van der Waals surface area contributed by atoms with Gasteiger partial charge in [-0.05, 0) is 29.8 Å². The van der Waals surface area contributed by atoms with E-state index < -0.39 is 6.43 Å². The average Bonchev–Trinajstić information content (AvgIpc) is 2.52. The normalized spacial score (nSPS) is 11.0. The van der Waals surface area contributed by atoms with Gasteiger partial charge in [0.2, 0.25) is 0 Å². The van der Waals surface area contributed by atoms with Gasteiger partial charge in [-0.15, -0.1) is 0 Å². The molecule has 0 aromatic heterocycles. The predicted molar refractivity (Wildman–Crippen MR) is 81.9 cm³/mol. The standard InChI is InChI=1S/C17H17F2NO/c1-21-16-10-9-13(12-15(16)17(18)19)6-5-11-20-14-7-3-2-4-8-14/h2-10,12,17,20H,11H2,1H3. The number of hydrogen-bond donors (Lipinski definition) is 1. The number of nitrogens with one attached hydrogen (secondary N) is 1. The van der Waals surface area contributed by atoms with Crippen molar-refractivity contribution in [1.29, 1.82) is 0 Å². The largest absolute Gasteiger partial charge is 0.496 e. The van der Waals surface area contributed by atoms with Crippen molar-refractivity contribution in [3.8, 4) is 5.75 Å². The van der Waals surface area contributed by atoms with E-state index in [-0.39, 0.29) is 11.3 Å². The van der Waals surface area contributed by atoms with E-state index in [1.807, 2.05) is 36.4 Å². The molecule has 0 atom stereocenters. The summed E-state index contributed by atoms with van der Waals surface area (Å²) < 4.78 is 30.7. The van der Waals surface area contributed by atoms with Crippen molar-refractivity contribution in [1.82, 2.24) is 0 Å². The van der Waals surface area contributed by atoms with Crippen LogP contribution >= 0.6 is 0 Å². The lowest BCUT2D eigenvalue weighted by molar-refractivity contribution is 0.147. The third-order valence-corrected chi connectivity index (χ3v) is 3.00. The van der Waals surface area contributed by atoms with Crippen LogP contribution in [-0.2, 0) is 0 Å². The Balaban J connectivity index is 1.99. The molecule has 2 aromatic carbocycles. The Morgan fingerprint density at radius 2 is 1.90 bits per heavy atom. The van der Waals surface area contributed by atoms with Crippen molar-refractivity contribution in [2.24, 2.45) is 0 Å². The van der Waals surface area contributed by atoms with E-state index in [1.54, 1.807) is 18.2 Å². The van der Waals surface area contributed by atoms with Crippen molar-refractivity contribution in [3.05, 3.63) is 65.7 Å². The molecule has 0 heterocycles. The molecule has 110 valence electrons. The van der Waals surface area contributed by atoms with Crippen LogP contribution in [0.3, 0.4) is 0 Å². The van der Waals surface area contributed by atoms with Gasteiger partial charge in [0, 0.05) is 12.2 Å². The molecular formula is C17H17F2NO. The quantitative estimate of drug-likeness (QED) is 0.828. The Labute approximate surface area is 123 Å². The Morgan fingerprint density at radius 3 is 2.57 bits per heavy atom. The van der Waals surface area contributed by atoms with Gasteiger partial charge in [-0.3, -0.25) is 0 Å². The van der Waals surface area contributed by atoms with Gasteiger partial charge in [0.15, 0.2) is 0 Å². The van der Waals surface area contributed by atoms with Gasteiger partial charge in [-0.25, -0.2) is 8.78 Å². The predicted octanol–water partition coefficient (Wildman–Crippen LogP) is 4.76. The number of methoxy groups -OCH3 is 1. The molecule has 0 spiro atoms. The minimum Gasteiger partial charge on any atom is -0.496 e. The lowest BCUT2D eigenvalue weighted by Crippen LogP contribution is -1.97. The molecule has 0 saturated heterocycles. The highest BCUT2D eigenvalue weighted by Gasteiger charge is 2.13. The maximum atomic E-state index is 12.9. The summed E-state index contributed by atoms with van der Waals surface area (Å²) >= 11 is 0. The topological polar surface area (TPSA) is 21.3 Å². The van der Waals surface area contributed by atoms with E-state index in [1.165, 1.54) is 13.2 Å². The zero-order valence-corrected chi connectivity index (χ0v) is 11.7. The first-order valence-corrected chi connectivity index (χ1v) is 6.62. The van der Waals surface area contributed by atoms with Gasteiger partial charge in [-0.1, -0.05) is 36.4 Å². The molecule has 2 rings (SSSR count). The van der Waals surface area contributed by atoms with E-state index in [2.05, 4.69) is 5.32 Å². The van der Waals surface area contributed by atoms with Crippen LogP contribution < -0.4 is 10.1 Å². The Bertz CT molecular complexity index is 597. The zero-order valence-electron chi connectivity index (χ0n) is 11.7. The lowest BCUT2D eigenvalue weighted by Gasteiger charge is -2.08. The number of anilines is 1. The van der Waals surface area contributed by atoms with Crippen LogP contribution in [0.25, 0.3) is 6.08 Å². The maximum absolute atomic E-state index is 12.9. The molecular weight excluding hydrogens is 272 g/mol. The van der Waals surface area contributed by atoms with Crippen molar-refractivity contribution in [2.45, 2.75) is 6.43 Å². The Morgan fingerprint density at radius 1 is 1.14 bits per heavy atom. The number of benzene rings is 2. The second kappa shape index (κ2) is 7.43. The van der Waals surface area contributed by atoms with Crippen LogP contribution in [0.15, 0.2) is 54.6 Å². The molecule has 0 saturated carbocycles. The molecule has 0 aliphatic rings.